The zero-order chi connectivity index (χ0) is 14.4. The fourth-order valence-corrected chi connectivity index (χ4v) is 1.67. The average molecular weight is 286 g/mol. The van der Waals surface area contributed by atoms with Crippen molar-refractivity contribution in [1.82, 2.24) is 4.90 Å². The molecule has 0 spiro atoms. The Bertz CT molecular complexity index is 438. The number of anilines is 2. The molecule has 5 nitrogen and oxygen atoms in total. The minimum Gasteiger partial charge on any atom is -0.397 e. The molecule has 1 aromatic rings. The maximum absolute atomic E-state index is 11.8. The number of carbonyl (C=O) groups excluding carboxylic acids is 1. The van der Waals surface area contributed by atoms with Crippen molar-refractivity contribution >= 4 is 28.9 Å². The third kappa shape index (κ3) is 5.92. The van der Waals surface area contributed by atoms with Gasteiger partial charge in [0.1, 0.15) is 0 Å². The van der Waals surface area contributed by atoms with E-state index in [0.717, 1.165) is 0 Å². The van der Waals surface area contributed by atoms with Gasteiger partial charge in [-0.05, 0) is 38.6 Å². The first-order chi connectivity index (χ1) is 8.88. The van der Waals surface area contributed by atoms with Crippen LogP contribution in [0.5, 0.6) is 0 Å². The topological polar surface area (TPSA) is 78.6 Å². The number of aliphatic hydroxyl groups is 1. The van der Waals surface area contributed by atoms with Crippen LogP contribution in [0.2, 0.25) is 5.02 Å². The molecule has 0 aliphatic rings. The first-order valence-corrected chi connectivity index (χ1v) is 6.47. The number of nitrogens with zero attached hydrogens (tertiary/aromatic N) is 1. The Morgan fingerprint density at radius 1 is 1.58 bits per heavy atom. The van der Waals surface area contributed by atoms with Gasteiger partial charge < -0.3 is 16.2 Å². The van der Waals surface area contributed by atoms with E-state index in [1.807, 2.05) is 11.9 Å². The molecule has 0 fully saturated rings. The Morgan fingerprint density at radius 3 is 2.84 bits per heavy atom. The van der Waals surface area contributed by atoms with Gasteiger partial charge in [0.15, 0.2) is 0 Å². The normalized spacial score (nSPS) is 12.5. The predicted molar refractivity (Wildman–Crippen MR) is 78.3 cm³/mol. The fraction of sp³-hybridized carbons (Fsp3) is 0.462. The van der Waals surface area contributed by atoms with Crippen LogP contribution in [-0.2, 0) is 4.79 Å². The lowest BCUT2D eigenvalue weighted by molar-refractivity contribution is -0.117. The van der Waals surface area contributed by atoms with Crippen LogP contribution in [0.1, 0.15) is 13.3 Å². The Kier molecular flexibility index (Phi) is 6.08. The van der Waals surface area contributed by atoms with E-state index in [-0.39, 0.29) is 18.6 Å². The number of hydrogen-bond donors (Lipinski definition) is 3. The van der Waals surface area contributed by atoms with Crippen LogP contribution in [0.4, 0.5) is 11.4 Å². The molecule has 0 saturated heterocycles. The number of hydrogen-bond acceptors (Lipinski definition) is 4. The summed E-state index contributed by atoms with van der Waals surface area (Å²) >= 11 is 5.80. The third-order valence-corrected chi connectivity index (χ3v) is 2.97. The second kappa shape index (κ2) is 7.33. The number of halogens is 1. The number of nitrogen functional groups attached to an aromatic ring is 1. The lowest BCUT2D eigenvalue weighted by Crippen LogP contribution is -2.32. The van der Waals surface area contributed by atoms with E-state index in [1.165, 1.54) is 0 Å². The number of benzene rings is 1. The molecule has 0 radical (unpaired) electrons. The summed E-state index contributed by atoms with van der Waals surface area (Å²) in [5.41, 5.74) is 6.71. The van der Waals surface area contributed by atoms with Gasteiger partial charge in [-0.3, -0.25) is 9.69 Å². The number of likely N-dealkylation sites (N-methyl/N-ethyl adjacent to an activating group) is 1. The summed E-state index contributed by atoms with van der Waals surface area (Å²) in [6, 6.07) is 4.96. The summed E-state index contributed by atoms with van der Waals surface area (Å²) in [6.45, 7) is 2.65. The molecule has 4 N–H and O–H groups in total. The van der Waals surface area contributed by atoms with Gasteiger partial charge in [-0.25, -0.2) is 0 Å². The summed E-state index contributed by atoms with van der Waals surface area (Å²) in [5.74, 6) is -0.130. The lowest BCUT2D eigenvalue weighted by Gasteiger charge is -2.17. The van der Waals surface area contributed by atoms with Gasteiger partial charge in [0, 0.05) is 12.2 Å². The molecule has 1 rings (SSSR count). The molecule has 0 aromatic heterocycles. The van der Waals surface area contributed by atoms with E-state index in [0.29, 0.717) is 29.4 Å². The summed E-state index contributed by atoms with van der Waals surface area (Å²) in [5, 5.41) is 12.4. The van der Waals surface area contributed by atoms with Crippen LogP contribution in [0, 0.1) is 0 Å². The second-order valence-electron chi connectivity index (χ2n) is 4.66. The molecule has 19 heavy (non-hydrogen) atoms. The van der Waals surface area contributed by atoms with Gasteiger partial charge in [0.05, 0.1) is 23.4 Å². The van der Waals surface area contributed by atoms with Crippen molar-refractivity contribution in [2.24, 2.45) is 0 Å². The van der Waals surface area contributed by atoms with E-state index < -0.39 is 0 Å². The highest BCUT2D eigenvalue weighted by Gasteiger charge is 2.08. The zero-order valence-corrected chi connectivity index (χ0v) is 11.9. The predicted octanol–water partition coefficient (Wildman–Crippen LogP) is 1.56. The lowest BCUT2D eigenvalue weighted by atomic mass is 10.2. The molecule has 1 unspecified atom stereocenters. The van der Waals surface area contributed by atoms with Gasteiger partial charge in [-0.15, -0.1) is 0 Å². The standard InChI is InChI=1S/C13H20ClN3O2/c1-9(18)5-6-17(2)8-13(19)16-10-3-4-11(14)12(15)7-10/h3-4,7,9,18H,5-6,8,15H2,1-2H3,(H,16,19). The van der Waals surface area contributed by atoms with Gasteiger partial charge >= 0.3 is 0 Å². The molecular weight excluding hydrogens is 266 g/mol. The maximum Gasteiger partial charge on any atom is 0.238 e. The molecule has 0 heterocycles. The van der Waals surface area contributed by atoms with E-state index >= 15 is 0 Å². The number of aliphatic hydroxyl groups excluding tert-OH is 1. The van der Waals surface area contributed by atoms with Gasteiger partial charge in [0.2, 0.25) is 5.91 Å². The summed E-state index contributed by atoms with van der Waals surface area (Å²) in [7, 11) is 1.83. The van der Waals surface area contributed by atoms with E-state index in [1.54, 1.807) is 25.1 Å². The van der Waals surface area contributed by atoms with Crippen molar-refractivity contribution in [2.75, 3.05) is 31.2 Å². The minimum atomic E-state index is -0.360. The first-order valence-electron chi connectivity index (χ1n) is 6.10. The minimum absolute atomic E-state index is 0.130. The number of nitrogens with two attached hydrogens (primary N) is 1. The van der Waals surface area contributed by atoms with Gasteiger partial charge in [0.25, 0.3) is 0 Å². The van der Waals surface area contributed by atoms with Gasteiger partial charge in [-0.1, -0.05) is 11.6 Å². The van der Waals surface area contributed by atoms with Crippen LogP contribution in [0.3, 0.4) is 0 Å². The molecule has 0 aliphatic carbocycles. The SMILES string of the molecule is CC(O)CCN(C)CC(=O)Nc1ccc(Cl)c(N)c1. The highest BCUT2D eigenvalue weighted by atomic mass is 35.5. The monoisotopic (exact) mass is 285 g/mol. The van der Waals surface area contributed by atoms with Crippen LogP contribution < -0.4 is 11.1 Å². The summed E-state index contributed by atoms with van der Waals surface area (Å²) in [6.07, 6.45) is 0.277. The van der Waals surface area contributed by atoms with Crippen molar-refractivity contribution in [3.8, 4) is 0 Å². The highest BCUT2D eigenvalue weighted by Crippen LogP contribution is 2.22. The second-order valence-corrected chi connectivity index (χ2v) is 5.07. The molecule has 0 saturated carbocycles. The van der Waals surface area contributed by atoms with E-state index in [9.17, 15) is 9.90 Å². The highest BCUT2D eigenvalue weighted by molar-refractivity contribution is 6.33. The molecule has 0 aliphatic heterocycles. The Balaban J connectivity index is 2.44. The molecule has 0 bridgehead atoms. The Labute approximate surface area is 118 Å². The number of carbonyl (C=O) groups is 1. The molecule has 1 amide bonds. The quantitative estimate of drug-likeness (QED) is 0.693. The third-order valence-electron chi connectivity index (χ3n) is 2.62. The number of rotatable bonds is 6. The zero-order valence-electron chi connectivity index (χ0n) is 11.2. The Hall–Kier alpha value is -1.30. The number of nitrogens with one attached hydrogen (secondary N) is 1. The van der Waals surface area contributed by atoms with Crippen molar-refractivity contribution in [3.63, 3.8) is 0 Å². The van der Waals surface area contributed by atoms with Crippen LogP contribution in [-0.4, -0.2) is 42.2 Å². The van der Waals surface area contributed by atoms with Crippen molar-refractivity contribution in [3.05, 3.63) is 23.2 Å². The van der Waals surface area contributed by atoms with Crippen LogP contribution >= 0.6 is 11.6 Å². The van der Waals surface area contributed by atoms with Crippen molar-refractivity contribution in [1.29, 1.82) is 0 Å². The largest absolute Gasteiger partial charge is 0.397 e. The molecule has 106 valence electrons. The van der Waals surface area contributed by atoms with Crippen LogP contribution in [0.25, 0.3) is 0 Å². The van der Waals surface area contributed by atoms with E-state index in [2.05, 4.69) is 5.32 Å². The van der Waals surface area contributed by atoms with E-state index in [4.69, 9.17) is 17.3 Å². The summed E-state index contributed by atoms with van der Waals surface area (Å²) < 4.78 is 0. The maximum atomic E-state index is 11.8. The van der Waals surface area contributed by atoms with Crippen molar-refractivity contribution in [2.45, 2.75) is 19.4 Å². The smallest absolute Gasteiger partial charge is 0.238 e. The molecule has 1 aromatic carbocycles. The first kappa shape index (κ1) is 15.8. The molecule has 6 heteroatoms. The molecular formula is C13H20ClN3O2. The summed E-state index contributed by atoms with van der Waals surface area (Å²) in [4.78, 5) is 13.6. The van der Waals surface area contributed by atoms with Gasteiger partial charge in [-0.2, -0.15) is 0 Å². The fourth-order valence-electron chi connectivity index (χ4n) is 1.55. The Morgan fingerprint density at radius 2 is 2.26 bits per heavy atom. The molecule has 1 atom stereocenters. The van der Waals surface area contributed by atoms with Crippen LogP contribution in [0.15, 0.2) is 18.2 Å². The number of amides is 1. The van der Waals surface area contributed by atoms with Crippen molar-refractivity contribution < 1.29 is 9.90 Å². The average Bonchev–Trinajstić information content (AvgIpc) is 2.31.